The highest BCUT2D eigenvalue weighted by atomic mass is 15.1. The molecule has 0 bridgehead atoms. The number of hydrogen-bond acceptors (Lipinski definition) is 2. The van der Waals surface area contributed by atoms with Crippen LogP contribution in [-0.2, 0) is 6.54 Å². The summed E-state index contributed by atoms with van der Waals surface area (Å²) in [4.78, 5) is 4.06. The molecule has 2 rings (SSSR count). The number of imidazole rings is 1. The van der Waals surface area contributed by atoms with Crippen LogP contribution in [0.4, 0.5) is 0 Å². The summed E-state index contributed by atoms with van der Waals surface area (Å²) < 4.78 is 2.10. The van der Waals surface area contributed by atoms with Gasteiger partial charge < -0.3 is 9.88 Å². The summed E-state index contributed by atoms with van der Waals surface area (Å²) in [5, 5.41) is 3.49. The van der Waals surface area contributed by atoms with Crippen molar-refractivity contribution in [3.63, 3.8) is 0 Å². The first-order valence-electron chi connectivity index (χ1n) is 5.64. The predicted octanol–water partition coefficient (Wildman–Crippen LogP) is 2.23. The molecule has 0 aliphatic rings. The van der Waals surface area contributed by atoms with Gasteiger partial charge in [0.2, 0.25) is 0 Å². The zero-order chi connectivity index (χ0) is 11.2. The maximum Gasteiger partial charge on any atom is 0.0946 e. The Morgan fingerprint density at radius 2 is 2.12 bits per heavy atom. The summed E-state index contributed by atoms with van der Waals surface area (Å²) in [5.41, 5.74) is 1.32. The van der Waals surface area contributed by atoms with Gasteiger partial charge in [0, 0.05) is 18.9 Å². The third-order valence-corrected chi connectivity index (χ3v) is 2.61. The number of rotatable bonds is 5. The molecule has 3 nitrogen and oxygen atoms in total. The molecular formula is C13H17N3. The smallest absolute Gasteiger partial charge is 0.0946 e. The summed E-state index contributed by atoms with van der Waals surface area (Å²) in [6.07, 6.45) is 5.66. The lowest BCUT2D eigenvalue weighted by molar-refractivity contribution is 0.475. The number of likely N-dealkylation sites (N-methyl/N-ethyl adjacent to an activating group) is 1. The Bertz CT molecular complexity index is 394. The molecule has 1 heterocycles. The van der Waals surface area contributed by atoms with E-state index < -0.39 is 0 Å². The number of nitrogens with one attached hydrogen (secondary N) is 1. The van der Waals surface area contributed by atoms with Gasteiger partial charge in [-0.05, 0) is 12.1 Å². The van der Waals surface area contributed by atoms with Crippen LogP contribution < -0.4 is 5.32 Å². The minimum Gasteiger partial charge on any atom is -0.336 e. The van der Waals surface area contributed by atoms with Crippen LogP contribution in [0.3, 0.4) is 0 Å². The highest BCUT2D eigenvalue weighted by Gasteiger charge is 2.09. The van der Waals surface area contributed by atoms with E-state index in [9.17, 15) is 0 Å². The molecule has 0 aliphatic carbocycles. The molecule has 0 aliphatic heterocycles. The number of aromatic nitrogens is 2. The monoisotopic (exact) mass is 215 g/mol. The van der Waals surface area contributed by atoms with Crippen molar-refractivity contribution in [2.45, 2.75) is 19.5 Å². The van der Waals surface area contributed by atoms with Crippen molar-refractivity contribution < 1.29 is 0 Å². The number of benzene rings is 1. The van der Waals surface area contributed by atoms with Crippen LogP contribution in [0.15, 0.2) is 49.1 Å². The fourth-order valence-electron chi connectivity index (χ4n) is 1.83. The molecular weight excluding hydrogens is 198 g/mol. The lowest BCUT2D eigenvalue weighted by Crippen LogP contribution is -2.24. The van der Waals surface area contributed by atoms with Gasteiger partial charge in [-0.25, -0.2) is 4.98 Å². The van der Waals surface area contributed by atoms with Crippen molar-refractivity contribution in [2.75, 3.05) is 6.54 Å². The van der Waals surface area contributed by atoms with Gasteiger partial charge in [0.1, 0.15) is 0 Å². The number of nitrogens with zero attached hydrogens (tertiary/aromatic N) is 2. The Labute approximate surface area is 96.1 Å². The first-order valence-corrected chi connectivity index (χ1v) is 5.64. The van der Waals surface area contributed by atoms with Gasteiger partial charge in [0.05, 0.1) is 12.4 Å². The van der Waals surface area contributed by atoms with E-state index in [-0.39, 0.29) is 0 Å². The minimum atomic E-state index is 0.348. The summed E-state index contributed by atoms with van der Waals surface area (Å²) in [6.45, 7) is 4.01. The molecule has 1 aromatic heterocycles. The maximum atomic E-state index is 4.06. The molecule has 1 atom stereocenters. The molecule has 16 heavy (non-hydrogen) atoms. The third kappa shape index (κ3) is 2.70. The van der Waals surface area contributed by atoms with Gasteiger partial charge in [-0.15, -0.1) is 0 Å². The second-order valence-corrected chi connectivity index (χ2v) is 3.78. The zero-order valence-electron chi connectivity index (χ0n) is 9.50. The van der Waals surface area contributed by atoms with E-state index in [0.717, 1.165) is 13.1 Å². The second kappa shape index (κ2) is 5.47. The SMILES string of the molecule is CCNC(Cn1ccnc1)c1ccccc1. The molecule has 0 radical (unpaired) electrons. The van der Waals surface area contributed by atoms with Crippen molar-refractivity contribution in [1.82, 2.24) is 14.9 Å². The molecule has 1 aromatic carbocycles. The quantitative estimate of drug-likeness (QED) is 0.829. The predicted molar refractivity (Wildman–Crippen MR) is 65.1 cm³/mol. The van der Waals surface area contributed by atoms with E-state index in [1.54, 1.807) is 0 Å². The van der Waals surface area contributed by atoms with Gasteiger partial charge in [0.25, 0.3) is 0 Å². The van der Waals surface area contributed by atoms with E-state index in [1.165, 1.54) is 5.56 Å². The van der Waals surface area contributed by atoms with Gasteiger partial charge in [-0.2, -0.15) is 0 Å². The van der Waals surface area contributed by atoms with E-state index in [2.05, 4.69) is 46.1 Å². The lowest BCUT2D eigenvalue weighted by atomic mass is 10.1. The average molecular weight is 215 g/mol. The van der Waals surface area contributed by atoms with Crippen LogP contribution >= 0.6 is 0 Å². The van der Waals surface area contributed by atoms with Gasteiger partial charge in [-0.3, -0.25) is 0 Å². The Morgan fingerprint density at radius 3 is 2.75 bits per heavy atom. The highest BCUT2D eigenvalue weighted by Crippen LogP contribution is 2.14. The largest absolute Gasteiger partial charge is 0.336 e. The molecule has 0 saturated carbocycles. The van der Waals surface area contributed by atoms with Crippen LogP contribution in [0.25, 0.3) is 0 Å². The van der Waals surface area contributed by atoms with E-state index in [0.29, 0.717) is 6.04 Å². The average Bonchev–Trinajstić information content (AvgIpc) is 2.83. The van der Waals surface area contributed by atoms with Crippen LogP contribution in [-0.4, -0.2) is 16.1 Å². The Morgan fingerprint density at radius 1 is 1.31 bits per heavy atom. The third-order valence-electron chi connectivity index (χ3n) is 2.61. The van der Waals surface area contributed by atoms with Crippen molar-refractivity contribution >= 4 is 0 Å². The van der Waals surface area contributed by atoms with Crippen molar-refractivity contribution in [1.29, 1.82) is 0 Å². The number of hydrogen-bond donors (Lipinski definition) is 1. The maximum absolute atomic E-state index is 4.06. The first-order chi connectivity index (χ1) is 7.90. The lowest BCUT2D eigenvalue weighted by Gasteiger charge is -2.18. The summed E-state index contributed by atoms with van der Waals surface area (Å²) in [7, 11) is 0. The van der Waals surface area contributed by atoms with Crippen LogP contribution in [0.5, 0.6) is 0 Å². The molecule has 1 unspecified atom stereocenters. The highest BCUT2D eigenvalue weighted by molar-refractivity contribution is 5.18. The molecule has 0 fully saturated rings. The minimum absolute atomic E-state index is 0.348. The normalized spacial score (nSPS) is 12.6. The molecule has 3 heteroatoms. The molecule has 0 spiro atoms. The van der Waals surface area contributed by atoms with E-state index in [1.807, 2.05) is 24.8 Å². The Balaban J connectivity index is 2.11. The van der Waals surface area contributed by atoms with Crippen molar-refractivity contribution in [2.24, 2.45) is 0 Å². The van der Waals surface area contributed by atoms with Crippen molar-refractivity contribution in [3.05, 3.63) is 54.6 Å². The topological polar surface area (TPSA) is 29.9 Å². The first kappa shape index (κ1) is 10.9. The zero-order valence-corrected chi connectivity index (χ0v) is 9.50. The molecule has 84 valence electrons. The standard InChI is InChI=1S/C13H17N3/c1-2-15-13(10-16-9-8-14-11-16)12-6-4-3-5-7-12/h3-9,11,13,15H,2,10H2,1H3. The fourth-order valence-corrected chi connectivity index (χ4v) is 1.83. The van der Waals surface area contributed by atoms with Crippen LogP contribution in [0, 0.1) is 0 Å². The summed E-state index contributed by atoms with van der Waals surface area (Å²) >= 11 is 0. The fraction of sp³-hybridized carbons (Fsp3) is 0.308. The molecule has 2 aromatic rings. The van der Waals surface area contributed by atoms with Crippen molar-refractivity contribution in [3.8, 4) is 0 Å². The van der Waals surface area contributed by atoms with Gasteiger partial charge in [-0.1, -0.05) is 37.3 Å². The molecule has 0 amide bonds. The van der Waals surface area contributed by atoms with E-state index >= 15 is 0 Å². The van der Waals surface area contributed by atoms with Crippen LogP contribution in [0.1, 0.15) is 18.5 Å². The van der Waals surface area contributed by atoms with Gasteiger partial charge >= 0.3 is 0 Å². The Kier molecular flexibility index (Phi) is 3.72. The van der Waals surface area contributed by atoms with Crippen LogP contribution in [0.2, 0.25) is 0 Å². The second-order valence-electron chi connectivity index (χ2n) is 3.78. The van der Waals surface area contributed by atoms with Gasteiger partial charge in [0.15, 0.2) is 0 Å². The molecule has 1 N–H and O–H groups in total. The molecule has 0 saturated heterocycles. The Hall–Kier alpha value is -1.61. The summed E-state index contributed by atoms with van der Waals surface area (Å²) in [5.74, 6) is 0. The van der Waals surface area contributed by atoms with E-state index in [4.69, 9.17) is 0 Å². The summed E-state index contributed by atoms with van der Waals surface area (Å²) in [6, 6.07) is 10.9.